The SMILES string of the molecule is [O-][n+]1cc(-c2cc(Cl)ccc2-n2cnnn2)ccc1[C@@H](Cc1ccc(F)cc1)C1=Nc2cc(F)ccc2C1. The molecule has 6 rings (SSSR count). The van der Waals surface area contributed by atoms with Crippen LogP contribution in [0.15, 0.2) is 90.3 Å². The average molecular weight is 529 g/mol. The quantitative estimate of drug-likeness (QED) is 0.214. The van der Waals surface area contributed by atoms with Crippen molar-refractivity contribution in [1.82, 2.24) is 20.2 Å². The fraction of sp³-hybridized carbons (Fsp3) is 0.107. The van der Waals surface area contributed by atoms with Crippen molar-refractivity contribution in [2.75, 3.05) is 0 Å². The van der Waals surface area contributed by atoms with Crippen LogP contribution in [0.3, 0.4) is 0 Å². The van der Waals surface area contributed by atoms with E-state index in [9.17, 15) is 14.0 Å². The van der Waals surface area contributed by atoms with E-state index < -0.39 is 5.92 Å². The van der Waals surface area contributed by atoms with Crippen molar-refractivity contribution in [2.24, 2.45) is 4.99 Å². The molecule has 5 aromatic rings. The van der Waals surface area contributed by atoms with Gasteiger partial charge in [0.25, 0.3) is 0 Å². The number of pyridine rings is 1. The Bertz CT molecular complexity index is 1670. The van der Waals surface area contributed by atoms with Crippen molar-refractivity contribution in [2.45, 2.75) is 18.8 Å². The van der Waals surface area contributed by atoms with Crippen LogP contribution in [0.5, 0.6) is 0 Å². The van der Waals surface area contributed by atoms with E-state index in [0.717, 1.165) is 21.6 Å². The van der Waals surface area contributed by atoms with E-state index in [1.165, 1.54) is 41.5 Å². The predicted molar refractivity (Wildman–Crippen MR) is 139 cm³/mol. The topological polar surface area (TPSA) is 82.9 Å². The number of aliphatic imine (C=N–C) groups is 1. The van der Waals surface area contributed by atoms with Crippen LogP contribution >= 0.6 is 11.6 Å². The highest BCUT2D eigenvalue weighted by atomic mass is 35.5. The number of tetrazole rings is 1. The summed E-state index contributed by atoms with van der Waals surface area (Å²) in [5.74, 6) is -1.12. The highest BCUT2D eigenvalue weighted by Crippen LogP contribution is 2.35. The molecule has 2 aromatic heterocycles. The van der Waals surface area contributed by atoms with Gasteiger partial charge in [-0.05, 0) is 76.5 Å². The molecule has 0 fully saturated rings. The van der Waals surface area contributed by atoms with Crippen LogP contribution in [0, 0.1) is 16.8 Å². The smallest absolute Gasteiger partial charge is 0.201 e. The normalized spacial score (nSPS) is 13.3. The van der Waals surface area contributed by atoms with E-state index in [-0.39, 0.29) is 11.6 Å². The molecule has 10 heteroatoms. The van der Waals surface area contributed by atoms with E-state index >= 15 is 0 Å². The third-order valence-corrected chi connectivity index (χ3v) is 6.84. The van der Waals surface area contributed by atoms with Crippen molar-refractivity contribution < 1.29 is 13.5 Å². The van der Waals surface area contributed by atoms with E-state index in [1.807, 2.05) is 6.07 Å². The van der Waals surface area contributed by atoms with Gasteiger partial charge >= 0.3 is 0 Å². The molecule has 0 spiro atoms. The standard InChI is InChI=1S/C28H19ClF2N6O/c29-20-5-10-27(36-16-32-34-35-36)23(13-20)19-4-9-28(37(38)15-19)24(11-17-1-6-21(30)7-2-17)26-12-18-3-8-22(31)14-25(18)33-26/h1-10,13-16,24H,11-12H2/t24-/m0/s1. The van der Waals surface area contributed by atoms with Gasteiger partial charge in [-0.25, -0.2) is 8.78 Å². The monoisotopic (exact) mass is 528 g/mol. The summed E-state index contributed by atoms with van der Waals surface area (Å²) in [5.41, 5.74) is 5.47. The van der Waals surface area contributed by atoms with E-state index in [2.05, 4.69) is 15.5 Å². The average Bonchev–Trinajstić information content (AvgIpc) is 3.59. The highest BCUT2D eigenvalue weighted by molar-refractivity contribution is 6.31. The first-order valence-corrected chi connectivity index (χ1v) is 12.2. The second-order valence-electron chi connectivity index (χ2n) is 9.02. The Balaban J connectivity index is 1.41. The van der Waals surface area contributed by atoms with Crippen molar-refractivity contribution in [3.63, 3.8) is 0 Å². The first kappa shape index (κ1) is 23.9. The van der Waals surface area contributed by atoms with Crippen LogP contribution < -0.4 is 4.73 Å². The van der Waals surface area contributed by atoms with Gasteiger partial charge < -0.3 is 5.21 Å². The molecule has 0 amide bonds. The Morgan fingerprint density at radius 1 is 0.974 bits per heavy atom. The molecule has 38 heavy (non-hydrogen) atoms. The van der Waals surface area contributed by atoms with Crippen molar-refractivity contribution in [3.05, 3.63) is 124 Å². The lowest BCUT2D eigenvalue weighted by molar-refractivity contribution is -0.614. The second-order valence-corrected chi connectivity index (χ2v) is 9.46. The maximum absolute atomic E-state index is 13.8. The summed E-state index contributed by atoms with van der Waals surface area (Å²) in [4.78, 5) is 4.69. The number of hydrogen-bond acceptors (Lipinski definition) is 5. The van der Waals surface area contributed by atoms with Gasteiger partial charge in [-0.1, -0.05) is 29.8 Å². The lowest BCUT2D eigenvalue weighted by Crippen LogP contribution is -2.36. The summed E-state index contributed by atoms with van der Waals surface area (Å²) in [6, 6.07) is 19.5. The lowest BCUT2D eigenvalue weighted by Gasteiger charge is -2.18. The molecule has 1 aliphatic heterocycles. The van der Waals surface area contributed by atoms with Crippen LogP contribution in [0.25, 0.3) is 16.8 Å². The predicted octanol–water partition coefficient (Wildman–Crippen LogP) is 5.55. The van der Waals surface area contributed by atoms with Crippen LogP contribution in [0.4, 0.5) is 14.5 Å². The zero-order valence-corrected chi connectivity index (χ0v) is 20.6. The third kappa shape index (κ3) is 4.64. The number of hydrogen-bond donors (Lipinski definition) is 0. The van der Waals surface area contributed by atoms with Gasteiger partial charge in [-0.15, -0.1) is 5.10 Å². The molecule has 1 atom stereocenters. The zero-order chi connectivity index (χ0) is 26.2. The van der Waals surface area contributed by atoms with Crippen LogP contribution in [0.1, 0.15) is 22.7 Å². The highest BCUT2D eigenvalue weighted by Gasteiger charge is 2.30. The number of nitrogens with zero attached hydrogens (tertiary/aromatic N) is 6. The van der Waals surface area contributed by atoms with Gasteiger partial charge in [-0.2, -0.15) is 9.41 Å². The zero-order valence-electron chi connectivity index (χ0n) is 19.8. The van der Waals surface area contributed by atoms with Gasteiger partial charge in [0.2, 0.25) is 5.69 Å². The lowest BCUT2D eigenvalue weighted by atomic mass is 9.88. The molecule has 0 N–H and O–H groups in total. The first-order valence-electron chi connectivity index (χ1n) is 11.8. The Labute approximate surface area is 221 Å². The van der Waals surface area contributed by atoms with E-state index in [4.69, 9.17) is 16.6 Å². The summed E-state index contributed by atoms with van der Waals surface area (Å²) >= 11 is 6.28. The fourth-order valence-electron chi connectivity index (χ4n) is 4.76. The Morgan fingerprint density at radius 2 is 1.79 bits per heavy atom. The number of rotatable bonds is 6. The largest absolute Gasteiger partial charge is 0.618 e. The summed E-state index contributed by atoms with van der Waals surface area (Å²) in [7, 11) is 0. The molecule has 0 bridgehead atoms. The Hall–Kier alpha value is -4.50. The molecule has 0 aliphatic carbocycles. The first-order chi connectivity index (χ1) is 18.4. The number of halogens is 3. The van der Waals surface area contributed by atoms with Gasteiger partial charge in [0.05, 0.1) is 17.3 Å². The number of fused-ring (bicyclic) bond motifs is 1. The molecule has 0 unspecified atom stereocenters. The molecule has 0 saturated carbocycles. The number of aromatic nitrogens is 5. The van der Waals surface area contributed by atoms with Gasteiger partial charge in [0.15, 0.2) is 6.20 Å². The summed E-state index contributed by atoms with van der Waals surface area (Å²) in [5, 5.41) is 25.4. The van der Waals surface area contributed by atoms with E-state index in [0.29, 0.717) is 46.1 Å². The van der Waals surface area contributed by atoms with E-state index in [1.54, 1.807) is 42.5 Å². The summed E-state index contributed by atoms with van der Waals surface area (Å²) < 4.78 is 29.7. The van der Waals surface area contributed by atoms with Gasteiger partial charge in [0, 0.05) is 34.3 Å². The Kier molecular flexibility index (Phi) is 6.13. The minimum Gasteiger partial charge on any atom is -0.618 e. The molecule has 3 heterocycles. The molecule has 1 aliphatic rings. The molecular weight excluding hydrogens is 510 g/mol. The maximum Gasteiger partial charge on any atom is 0.201 e. The third-order valence-electron chi connectivity index (χ3n) is 6.61. The van der Waals surface area contributed by atoms with Crippen molar-refractivity contribution >= 4 is 23.0 Å². The number of benzene rings is 3. The second kappa shape index (κ2) is 9.75. The molecule has 7 nitrogen and oxygen atoms in total. The van der Waals surface area contributed by atoms with Gasteiger partial charge in [-0.3, -0.25) is 4.99 Å². The molecule has 0 radical (unpaired) electrons. The summed E-state index contributed by atoms with van der Waals surface area (Å²) in [6.07, 6.45) is 3.85. The minimum atomic E-state index is -0.416. The fourth-order valence-corrected chi connectivity index (χ4v) is 4.93. The van der Waals surface area contributed by atoms with Crippen LogP contribution in [-0.2, 0) is 12.8 Å². The molecule has 0 saturated heterocycles. The maximum atomic E-state index is 13.8. The van der Waals surface area contributed by atoms with Crippen molar-refractivity contribution in [3.8, 4) is 16.8 Å². The minimum absolute atomic E-state index is 0.338. The van der Waals surface area contributed by atoms with Crippen LogP contribution in [0.2, 0.25) is 5.02 Å². The van der Waals surface area contributed by atoms with Gasteiger partial charge in [0.1, 0.15) is 18.0 Å². The molecule has 3 aromatic carbocycles. The summed E-state index contributed by atoms with van der Waals surface area (Å²) in [6.45, 7) is 0. The molecular formula is C28H19ClF2N6O. The Morgan fingerprint density at radius 3 is 2.55 bits per heavy atom. The van der Waals surface area contributed by atoms with Crippen molar-refractivity contribution in [1.29, 1.82) is 0 Å². The van der Waals surface area contributed by atoms with Crippen LogP contribution in [-0.4, -0.2) is 25.9 Å². The molecule has 188 valence electrons.